The number of aryl methyl sites for hydroxylation is 1. The highest BCUT2D eigenvalue weighted by molar-refractivity contribution is 6.21. The number of benzene rings is 8. The van der Waals surface area contributed by atoms with Gasteiger partial charge in [0.15, 0.2) is 0 Å². The molecule has 1 aliphatic rings. The fourth-order valence-electron chi connectivity index (χ4n) is 8.51. The summed E-state index contributed by atoms with van der Waals surface area (Å²) in [7, 11) is 0. The molecular weight excluding hydrogens is 605 g/mol. The van der Waals surface area contributed by atoms with Gasteiger partial charge in [-0.05, 0) is 113 Å². The smallest absolute Gasteiger partial charge is 0.114 e. The molecule has 50 heavy (non-hydrogen) atoms. The van der Waals surface area contributed by atoms with E-state index in [1.807, 2.05) is 36.4 Å². The van der Waals surface area contributed by atoms with Crippen LogP contribution in [-0.2, 0) is 11.8 Å². The molecule has 1 aromatic heterocycles. The molecule has 238 valence electrons. The lowest BCUT2D eigenvalue weighted by atomic mass is 9.80. The molecule has 0 aliphatic heterocycles. The predicted molar refractivity (Wildman–Crippen MR) is 211 cm³/mol. The van der Waals surface area contributed by atoms with Crippen molar-refractivity contribution in [2.75, 3.05) is 0 Å². The Balaban J connectivity index is 1.14. The summed E-state index contributed by atoms with van der Waals surface area (Å²) in [4.78, 5) is 4.51. The highest BCUT2D eigenvalue weighted by Gasteiger charge is 2.35. The maximum absolute atomic E-state index is 8.63. The van der Waals surface area contributed by atoms with Crippen LogP contribution in [0.15, 0.2) is 152 Å². The SMILES string of the molecule is [2H]C([2H])([2H])C([2H])([2H])c1nc2ccccc2n1-c1ccc2cc(-c3c4ccccc4c(-c4ccc5c(c4)C(C)(C)c4ccccc4-5)c4ccccc34)ccc2c1. The van der Waals surface area contributed by atoms with Gasteiger partial charge in [-0.25, -0.2) is 4.98 Å². The van der Waals surface area contributed by atoms with Crippen molar-refractivity contribution in [2.24, 2.45) is 0 Å². The molecule has 8 aromatic carbocycles. The minimum absolute atomic E-state index is 0.105. The first-order valence-corrected chi connectivity index (χ1v) is 17.1. The first kappa shape index (κ1) is 24.2. The fourth-order valence-corrected chi connectivity index (χ4v) is 8.51. The maximum atomic E-state index is 8.63. The molecule has 2 heteroatoms. The second-order valence-electron chi connectivity index (χ2n) is 13.9. The zero-order chi connectivity index (χ0) is 37.9. The quantitative estimate of drug-likeness (QED) is 0.174. The van der Waals surface area contributed by atoms with Crippen LogP contribution in [0.25, 0.3) is 82.4 Å². The van der Waals surface area contributed by atoms with Gasteiger partial charge in [-0.3, -0.25) is 4.57 Å². The van der Waals surface area contributed by atoms with Crippen molar-refractivity contribution in [1.82, 2.24) is 9.55 Å². The maximum Gasteiger partial charge on any atom is 0.114 e. The van der Waals surface area contributed by atoms with E-state index in [4.69, 9.17) is 6.85 Å². The van der Waals surface area contributed by atoms with Gasteiger partial charge in [0.2, 0.25) is 0 Å². The van der Waals surface area contributed by atoms with Crippen molar-refractivity contribution in [2.45, 2.75) is 32.5 Å². The third kappa shape index (κ3) is 4.12. The van der Waals surface area contributed by atoms with Gasteiger partial charge in [-0.1, -0.05) is 136 Å². The van der Waals surface area contributed by atoms with Gasteiger partial charge < -0.3 is 0 Å². The topological polar surface area (TPSA) is 17.8 Å². The molecule has 1 heterocycles. The second-order valence-corrected chi connectivity index (χ2v) is 13.9. The molecular formula is C48H36N2. The van der Waals surface area contributed by atoms with Gasteiger partial charge in [0.05, 0.1) is 11.0 Å². The number of hydrogen-bond donors (Lipinski definition) is 0. The van der Waals surface area contributed by atoms with Gasteiger partial charge in [0, 0.05) is 24.3 Å². The van der Waals surface area contributed by atoms with Crippen molar-refractivity contribution in [3.8, 4) is 39.1 Å². The molecule has 10 rings (SSSR count). The van der Waals surface area contributed by atoms with Crippen LogP contribution < -0.4 is 0 Å². The highest BCUT2D eigenvalue weighted by Crippen LogP contribution is 2.51. The summed E-state index contributed by atoms with van der Waals surface area (Å²) in [6.45, 7) is 1.76. The Morgan fingerprint density at radius 2 is 1.16 bits per heavy atom. The van der Waals surface area contributed by atoms with Crippen LogP contribution in [0.3, 0.4) is 0 Å². The standard InChI is InChI=1S/C48H36N2/c1-4-45-49-43-19-11-12-20-44(43)50(45)34-25-23-30-27-32(22-21-31(30)28-34)46-37-14-5-7-16-39(37)47(40-17-8-6-15-38(40)46)33-24-26-36-35-13-9-10-18-41(35)48(2,3)42(36)29-33/h5-29H,4H2,1-3H3/i1D3,4D2. The number of rotatable bonds is 4. The molecule has 0 bridgehead atoms. The third-order valence-electron chi connectivity index (χ3n) is 10.8. The van der Waals surface area contributed by atoms with Crippen LogP contribution in [0.2, 0.25) is 0 Å². The van der Waals surface area contributed by atoms with Crippen LogP contribution in [-0.4, -0.2) is 9.55 Å². The number of imidazole rings is 1. The predicted octanol–water partition coefficient (Wildman–Crippen LogP) is 12.7. The summed E-state index contributed by atoms with van der Waals surface area (Å²) in [5.41, 5.74) is 11.8. The molecule has 0 N–H and O–H groups in total. The van der Waals surface area contributed by atoms with E-state index < -0.39 is 13.2 Å². The highest BCUT2D eigenvalue weighted by atomic mass is 15.1. The molecule has 1 aliphatic carbocycles. The van der Waals surface area contributed by atoms with Crippen LogP contribution >= 0.6 is 0 Å². The average Bonchev–Trinajstić information content (AvgIpc) is 3.69. The minimum atomic E-state index is -2.90. The molecule has 0 amide bonds. The van der Waals surface area contributed by atoms with E-state index in [0.29, 0.717) is 16.7 Å². The molecule has 0 spiro atoms. The summed E-state index contributed by atoms with van der Waals surface area (Å²) in [6.07, 6.45) is -2.67. The third-order valence-corrected chi connectivity index (χ3v) is 10.8. The second kappa shape index (κ2) is 10.8. The van der Waals surface area contributed by atoms with Crippen LogP contribution in [0, 0.1) is 0 Å². The van der Waals surface area contributed by atoms with Gasteiger partial charge >= 0.3 is 0 Å². The van der Waals surface area contributed by atoms with Gasteiger partial charge in [0.1, 0.15) is 5.82 Å². The lowest BCUT2D eigenvalue weighted by molar-refractivity contribution is 0.660. The van der Waals surface area contributed by atoms with Crippen molar-refractivity contribution >= 4 is 43.4 Å². The monoisotopic (exact) mass is 645 g/mol. The summed E-state index contributed by atoms with van der Waals surface area (Å²) in [5, 5.41) is 6.72. The average molecular weight is 646 g/mol. The largest absolute Gasteiger partial charge is 0.296 e. The van der Waals surface area contributed by atoms with Crippen LogP contribution in [0.4, 0.5) is 0 Å². The number of aromatic nitrogens is 2. The Labute approximate surface area is 299 Å². The van der Waals surface area contributed by atoms with E-state index in [1.165, 1.54) is 60.5 Å². The first-order chi connectivity index (χ1) is 26.4. The van der Waals surface area contributed by atoms with Gasteiger partial charge in [-0.15, -0.1) is 0 Å². The molecule has 0 saturated carbocycles. The van der Waals surface area contributed by atoms with Crippen molar-refractivity contribution in [3.63, 3.8) is 0 Å². The minimum Gasteiger partial charge on any atom is -0.296 e. The summed E-state index contributed by atoms with van der Waals surface area (Å²) < 4.78 is 42.9. The lowest BCUT2D eigenvalue weighted by Crippen LogP contribution is -2.14. The number of para-hydroxylation sites is 2. The molecule has 2 nitrogen and oxygen atoms in total. The Bertz CT molecular complexity index is 2990. The van der Waals surface area contributed by atoms with E-state index >= 15 is 0 Å². The molecule has 0 fully saturated rings. The number of nitrogens with zero attached hydrogens (tertiary/aromatic N) is 2. The lowest BCUT2D eigenvalue weighted by Gasteiger charge is -2.23. The van der Waals surface area contributed by atoms with E-state index in [0.717, 1.165) is 16.3 Å². The molecule has 0 radical (unpaired) electrons. The Morgan fingerprint density at radius 1 is 0.580 bits per heavy atom. The normalized spacial score (nSPS) is 15.4. The van der Waals surface area contributed by atoms with Gasteiger partial charge in [0.25, 0.3) is 0 Å². The summed E-state index contributed by atoms with van der Waals surface area (Å²) >= 11 is 0. The number of fused-ring (bicyclic) bond motifs is 7. The Morgan fingerprint density at radius 3 is 1.90 bits per heavy atom. The zero-order valence-electron chi connectivity index (χ0n) is 32.8. The number of hydrogen-bond acceptors (Lipinski definition) is 1. The molecule has 0 atom stereocenters. The molecule has 0 unspecified atom stereocenters. The Kier molecular flexibility index (Phi) is 5.20. The van der Waals surface area contributed by atoms with E-state index in [2.05, 4.69) is 128 Å². The van der Waals surface area contributed by atoms with Crippen molar-refractivity contribution in [3.05, 3.63) is 169 Å². The van der Waals surface area contributed by atoms with E-state index in [-0.39, 0.29) is 11.2 Å². The van der Waals surface area contributed by atoms with E-state index in [9.17, 15) is 0 Å². The van der Waals surface area contributed by atoms with Crippen LogP contribution in [0.5, 0.6) is 0 Å². The summed E-state index contributed by atoms with van der Waals surface area (Å²) in [6, 6.07) is 52.9. The van der Waals surface area contributed by atoms with Crippen molar-refractivity contribution in [1.29, 1.82) is 0 Å². The van der Waals surface area contributed by atoms with Crippen LogP contribution in [0.1, 0.15) is 44.5 Å². The van der Waals surface area contributed by atoms with E-state index in [1.54, 1.807) is 10.6 Å². The molecule has 0 saturated heterocycles. The Hall–Kier alpha value is -5.99. The fraction of sp³-hybridized carbons (Fsp3) is 0.104. The summed E-state index contributed by atoms with van der Waals surface area (Å²) in [5.74, 6) is -0.140. The molecule has 9 aromatic rings. The zero-order valence-corrected chi connectivity index (χ0v) is 27.8. The first-order valence-electron chi connectivity index (χ1n) is 19.6. The van der Waals surface area contributed by atoms with Crippen molar-refractivity contribution < 1.29 is 6.85 Å². The van der Waals surface area contributed by atoms with Gasteiger partial charge in [-0.2, -0.15) is 0 Å².